The van der Waals surface area contributed by atoms with Gasteiger partial charge in [-0.3, -0.25) is 0 Å². The van der Waals surface area contributed by atoms with Gasteiger partial charge in [0.25, 0.3) is 0 Å². The molecule has 4 heteroatoms. The van der Waals surface area contributed by atoms with E-state index in [2.05, 4.69) is 35.9 Å². The number of nitrogen functional groups attached to an aromatic ring is 1. The molecule has 2 rings (SSSR count). The summed E-state index contributed by atoms with van der Waals surface area (Å²) in [6, 6.07) is 4.25. The van der Waals surface area contributed by atoms with E-state index >= 15 is 0 Å². The van der Waals surface area contributed by atoms with Gasteiger partial charge in [-0.2, -0.15) is 0 Å². The number of nitrogens with zero attached hydrogens (tertiary/aromatic N) is 2. The van der Waals surface area contributed by atoms with Crippen molar-refractivity contribution in [1.29, 1.82) is 0 Å². The van der Waals surface area contributed by atoms with Crippen LogP contribution in [0.4, 0.5) is 11.4 Å². The van der Waals surface area contributed by atoms with Crippen LogP contribution in [0.15, 0.2) is 17.6 Å². The second-order valence-electron chi connectivity index (χ2n) is 4.18. The highest BCUT2D eigenvalue weighted by Gasteiger charge is 2.12. The molecule has 0 aliphatic carbocycles. The van der Waals surface area contributed by atoms with Gasteiger partial charge in [-0.1, -0.05) is 13.8 Å². The van der Waals surface area contributed by atoms with Crippen LogP contribution in [0.3, 0.4) is 0 Å². The van der Waals surface area contributed by atoms with E-state index in [0.29, 0.717) is 0 Å². The van der Waals surface area contributed by atoms with E-state index in [4.69, 9.17) is 5.73 Å². The van der Waals surface area contributed by atoms with Crippen molar-refractivity contribution in [3.05, 3.63) is 17.6 Å². The average Bonchev–Trinajstić information content (AvgIpc) is 2.78. The summed E-state index contributed by atoms with van der Waals surface area (Å²) in [6.07, 6.45) is 2.27. The number of benzene rings is 1. The molecule has 92 valence electrons. The van der Waals surface area contributed by atoms with Crippen LogP contribution in [-0.4, -0.2) is 18.1 Å². The van der Waals surface area contributed by atoms with E-state index in [1.807, 2.05) is 5.51 Å². The van der Waals surface area contributed by atoms with Crippen LogP contribution in [0, 0.1) is 0 Å². The Morgan fingerprint density at radius 1 is 1.24 bits per heavy atom. The summed E-state index contributed by atoms with van der Waals surface area (Å²) in [5, 5.41) is 0. The molecule has 0 aliphatic rings. The number of hydrogen-bond donors (Lipinski definition) is 1. The molecule has 0 amide bonds. The van der Waals surface area contributed by atoms with Crippen LogP contribution >= 0.6 is 11.3 Å². The SMILES string of the molecule is CCCN(CCC)c1ccc2scnc2c1N. The molecule has 0 radical (unpaired) electrons. The maximum Gasteiger partial charge on any atom is 0.106 e. The van der Waals surface area contributed by atoms with Crippen LogP contribution in [0.5, 0.6) is 0 Å². The maximum absolute atomic E-state index is 6.23. The van der Waals surface area contributed by atoms with Crippen LogP contribution in [0.25, 0.3) is 10.2 Å². The molecule has 2 N–H and O–H groups in total. The summed E-state index contributed by atoms with van der Waals surface area (Å²) in [5.74, 6) is 0. The number of nitrogens with two attached hydrogens (primary N) is 1. The summed E-state index contributed by atoms with van der Waals surface area (Å²) < 4.78 is 1.17. The van der Waals surface area contributed by atoms with Crippen molar-refractivity contribution in [2.24, 2.45) is 0 Å². The van der Waals surface area contributed by atoms with Crippen molar-refractivity contribution in [2.75, 3.05) is 23.7 Å². The first-order chi connectivity index (χ1) is 8.27. The fourth-order valence-corrected chi connectivity index (χ4v) is 2.80. The van der Waals surface area contributed by atoms with Gasteiger partial charge in [0.05, 0.1) is 21.6 Å². The average molecular weight is 249 g/mol. The zero-order valence-corrected chi connectivity index (χ0v) is 11.3. The lowest BCUT2D eigenvalue weighted by atomic mass is 10.2. The second kappa shape index (κ2) is 5.36. The van der Waals surface area contributed by atoms with Gasteiger partial charge in [-0.25, -0.2) is 4.98 Å². The van der Waals surface area contributed by atoms with Crippen molar-refractivity contribution in [1.82, 2.24) is 4.98 Å². The number of aromatic nitrogens is 1. The van der Waals surface area contributed by atoms with E-state index in [1.54, 1.807) is 11.3 Å². The highest BCUT2D eigenvalue weighted by molar-refractivity contribution is 7.16. The Bertz CT molecular complexity index is 486. The van der Waals surface area contributed by atoms with Crippen molar-refractivity contribution in [2.45, 2.75) is 26.7 Å². The van der Waals surface area contributed by atoms with E-state index in [0.717, 1.165) is 42.8 Å². The lowest BCUT2D eigenvalue weighted by Crippen LogP contribution is -2.25. The summed E-state index contributed by atoms with van der Waals surface area (Å²) >= 11 is 1.64. The van der Waals surface area contributed by atoms with Crippen molar-refractivity contribution >= 4 is 32.9 Å². The zero-order valence-electron chi connectivity index (χ0n) is 10.4. The summed E-state index contributed by atoms with van der Waals surface area (Å²) in [4.78, 5) is 6.70. The van der Waals surface area contributed by atoms with Gasteiger partial charge in [-0.15, -0.1) is 11.3 Å². The Labute approximate surface area is 106 Å². The minimum absolute atomic E-state index is 0.825. The van der Waals surface area contributed by atoms with Gasteiger partial charge in [-0.05, 0) is 25.0 Å². The largest absolute Gasteiger partial charge is 0.395 e. The minimum Gasteiger partial charge on any atom is -0.395 e. The molecule has 0 fully saturated rings. The van der Waals surface area contributed by atoms with E-state index < -0.39 is 0 Å². The third-order valence-electron chi connectivity index (χ3n) is 2.85. The highest BCUT2D eigenvalue weighted by atomic mass is 32.1. The molecule has 0 atom stereocenters. The Hall–Kier alpha value is -1.29. The monoisotopic (exact) mass is 249 g/mol. The Morgan fingerprint density at radius 3 is 2.59 bits per heavy atom. The van der Waals surface area contributed by atoms with E-state index in [1.165, 1.54) is 4.70 Å². The van der Waals surface area contributed by atoms with Crippen LogP contribution in [-0.2, 0) is 0 Å². The molecule has 0 saturated carbocycles. The van der Waals surface area contributed by atoms with Gasteiger partial charge >= 0.3 is 0 Å². The fourth-order valence-electron chi connectivity index (χ4n) is 2.11. The minimum atomic E-state index is 0.825. The maximum atomic E-state index is 6.23. The first-order valence-corrected chi connectivity index (χ1v) is 7.02. The molecule has 2 aromatic rings. The quantitative estimate of drug-likeness (QED) is 0.825. The molecular formula is C13H19N3S. The number of thiazole rings is 1. The number of hydrogen-bond acceptors (Lipinski definition) is 4. The van der Waals surface area contributed by atoms with Crippen molar-refractivity contribution in [3.63, 3.8) is 0 Å². The van der Waals surface area contributed by atoms with Crippen LogP contribution in [0.1, 0.15) is 26.7 Å². The molecule has 0 bridgehead atoms. The Morgan fingerprint density at radius 2 is 1.94 bits per heavy atom. The van der Waals surface area contributed by atoms with E-state index in [9.17, 15) is 0 Å². The van der Waals surface area contributed by atoms with Crippen molar-refractivity contribution < 1.29 is 0 Å². The predicted molar refractivity (Wildman–Crippen MR) is 76.8 cm³/mol. The molecule has 0 unspecified atom stereocenters. The Kier molecular flexibility index (Phi) is 3.84. The molecule has 1 aromatic carbocycles. The Balaban J connectivity index is 2.41. The zero-order chi connectivity index (χ0) is 12.3. The number of fused-ring (bicyclic) bond motifs is 1. The molecule has 17 heavy (non-hydrogen) atoms. The second-order valence-corrected chi connectivity index (χ2v) is 5.07. The molecular weight excluding hydrogens is 230 g/mol. The van der Waals surface area contributed by atoms with Gasteiger partial charge in [0, 0.05) is 13.1 Å². The topological polar surface area (TPSA) is 42.2 Å². The van der Waals surface area contributed by atoms with Gasteiger partial charge in [0.15, 0.2) is 0 Å². The lowest BCUT2D eigenvalue weighted by molar-refractivity contribution is 0.746. The summed E-state index contributed by atoms with van der Waals surface area (Å²) in [5.41, 5.74) is 11.0. The third kappa shape index (κ3) is 2.36. The molecule has 0 spiro atoms. The third-order valence-corrected chi connectivity index (χ3v) is 3.64. The summed E-state index contributed by atoms with van der Waals surface area (Å²) in [7, 11) is 0. The highest BCUT2D eigenvalue weighted by Crippen LogP contribution is 2.32. The lowest BCUT2D eigenvalue weighted by Gasteiger charge is -2.25. The fraction of sp³-hybridized carbons (Fsp3) is 0.462. The first-order valence-electron chi connectivity index (χ1n) is 6.14. The number of anilines is 2. The van der Waals surface area contributed by atoms with Crippen LogP contribution < -0.4 is 10.6 Å². The van der Waals surface area contributed by atoms with Gasteiger partial charge in [0.2, 0.25) is 0 Å². The van der Waals surface area contributed by atoms with Crippen molar-refractivity contribution in [3.8, 4) is 0 Å². The van der Waals surface area contributed by atoms with Gasteiger partial charge < -0.3 is 10.6 Å². The van der Waals surface area contributed by atoms with E-state index in [-0.39, 0.29) is 0 Å². The standard InChI is InChI=1S/C13H19N3S/c1-3-7-16(8-4-2)10-5-6-11-13(12(10)14)15-9-17-11/h5-6,9H,3-4,7-8,14H2,1-2H3. The summed E-state index contributed by atoms with van der Waals surface area (Å²) in [6.45, 7) is 6.49. The smallest absolute Gasteiger partial charge is 0.106 e. The normalized spacial score (nSPS) is 10.9. The molecule has 0 aliphatic heterocycles. The first kappa shape index (κ1) is 12.2. The predicted octanol–water partition coefficient (Wildman–Crippen LogP) is 3.50. The van der Waals surface area contributed by atoms with Gasteiger partial charge in [0.1, 0.15) is 5.52 Å². The molecule has 3 nitrogen and oxygen atoms in total. The molecule has 0 saturated heterocycles. The number of rotatable bonds is 5. The van der Waals surface area contributed by atoms with Crippen LogP contribution in [0.2, 0.25) is 0 Å². The molecule has 1 heterocycles. The molecule has 1 aromatic heterocycles.